The Labute approximate surface area is 180 Å². The van der Waals surface area contributed by atoms with Gasteiger partial charge in [0.05, 0.1) is 32.4 Å². The predicted molar refractivity (Wildman–Crippen MR) is 113 cm³/mol. The van der Waals surface area contributed by atoms with Crippen molar-refractivity contribution in [1.82, 2.24) is 4.90 Å². The van der Waals surface area contributed by atoms with Gasteiger partial charge in [0.25, 0.3) is 11.7 Å². The Hall–Kier alpha value is -3.52. The Bertz CT molecular complexity index is 1040. The summed E-state index contributed by atoms with van der Waals surface area (Å²) in [7, 11) is 4.44. The Balaban J connectivity index is 2.21. The van der Waals surface area contributed by atoms with Gasteiger partial charge in [-0.3, -0.25) is 9.59 Å². The van der Waals surface area contributed by atoms with Crippen LogP contribution < -0.4 is 9.47 Å². The third kappa shape index (κ3) is 4.06. The number of methoxy groups -OCH3 is 3. The molecule has 1 heterocycles. The minimum absolute atomic E-state index is 0.0397. The second kappa shape index (κ2) is 9.09. The molecule has 2 aromatic rings. The van der Waals surface area contributed by atoms with E-state index in [4.69, 9.17) is 14.2 Å². The summed E-state index contributed by atoms with van der Waals surface area (Å²) in [4.78, 5) is 27.2. The van der Waals surface area contributed by atoms with Crippen LogP contribution in [0, 0.1) is 6.92 Å². The number of likely N-dealkylation sites (tertiary alicyclic amines) is 1. The van der Waals surface area contributed by atoms with Gasteiger partial charge in [0.1, 0.15) is 11.5 Å². The van der Waals surface area contributed by atoms with Gasteiger partial charge in [0, 0.05) is 19.2 Å². The Morgan fingerprint density at radius 2 is 1.81 bits per heavy atom. The number of carbonyl (C=O) groups excluding carboxylic acids is 2. The zero-order chi connectivity index (χ0) is 22.7. The molecule has 0 radical (unpaired) electrons. The van der Waals surface area contributed by atoms with Crippen LogP contribution in [0.1, 0.15) is 22.7 Å². The van der Waals surface area contributed by atoms with Crippen LogP contribution in [0.25, 0.3) is 5.76 Å². The lowest BCUT2D eigenvalue weighted by atomic mass is 9.93. The number of carbonyl (C=O) groups is 2. The average Bonchev–Trinajstić information content (AvgIpc) is 3.02. The molecule has 1 fully saturated rings. The number of hydrogen-bond donors (Lipinski definition) is 2. The zero-order valence-electron chi connectivity index (χ0n) is 17.8. The minimum Gasteiger partial charge on any atom is -0.507 e. The molecule has 1 atom stereocenters. The molecule has 1 aliphatic rings. The first-order valence-corrected chi connectivity index (χ1v) is 9.63. The SMILES string of the molecule is COCCN1C(=O)C(=O)/C(=C(/O)c2ccc(OC)cc2C)C1c1ccc(O)c(OC)c1. The number of aliphatic hydroxyl groups excluding tert-OH is 1. The highest BCUT2D eigenvalue weighted by atomic mass is 16.5. The number of amides is 1. The fraction of sp³-hybridized carbons (Fsp3) is 0.304. The Kier molecular flexibility index (Phi) is 6.50. The smallest absolute Gasteiger partial charge is 0.295 e. The summed E-state index contributed by atoms with van der Waals surface area (Å²) in [6.45, 7) is 2.13. The van der Waals surface area contributed by atoms with Gasteiger partial charge >= 0.3 is 0 Å². The van der Waals surface area contributed by atoms with E-state index < -0.39 is 17.7 Å². The molecular weight excluding hydrogens is 402 g/mol. The average molecular weight is 427 g/mol. The van der Waals surface area contributed by atoms with Gasteiger partial charge in [-0.05, 0) is 48.4 Å². The molecule has 0 saturated carbocycles. The fourth-order valence-corrected chi connectivity index (χ4v) is 3.69. The molecule has 1 aliphatic heterocycles. The number of phenolic OH excluding ortho intramolecular Hbond substituents is 1. The molecule has 1 amide bonds. The number of nitrogens with zero attached hydrogens (tertiary/aromatic N) is 1. The van der Waals surface area contributed by atoms with Crippen LogP contribution in [0.15, 0.2) is 42.0 Å². The molecule has 0 aliphatic carbocycles. The van der Waals surface area contributed by atoms with Crippen LogP contribution in [0.2, 0.25) is 0 Å². The lowest BCUT2D eigenvalue weighted by Gasteiger charge is -2.25. The molecule has 0 spiro atoms. The van der Waals surface area contributed by atoms with Gasteiger partial charge in [-0.25, -0.2) is 0 Å². The van der Waals surface area contributed by atoms with E-state index in [9.17, 15) is 19.8 Å². The van der Waals surface area contributed by atoms with Crippen LogP contribution >= 0.6 is 0 Å². The third-order valence-corrected chi connectivity index (χ3v) is 5.28. The van der Waals surface area contributed by atoms with Crippen LogP contribution in [0.5, 0.6) is 17.2 Å². The second-order valence-corrected chi connectivity index (χ2v) is 7.10. The predicted octanol–water partition coefficient (Wildman–Crippen LogP) is 2.79. The van der Waals surface area contributed by atoms with E-state index in [0.717, 1.165) is 0 Å². The van der Waals surface area contributed by atoms with E-state index in [1.807, 2.05) is 0 Å². The summed E-state index contributed by atoms with van der Waals surface area (Å²) < 4.78 is 15.5. The van der Waals surface area contributed by atoms with Crippen molar-refractivity contribution in [2.75, 3.05) is 34.5 Å². The minimum atomic E-state index is -0.869. The lowest BCUT2D eigenvalue weighted by molar-refractivity contribution is -0.140. The molecule has 2 N–H and O–H groups in total. The molecule has 164 valence electrons. The highest BCUT2D eigenvalue weighted by Crippen LogP contribution is 2.42. The third-order valence-electron chi connectivity index (χ3n) is 5.28. The van der Waals surface area contributed by atoms with Crippen molar-refractivity contribution >= 4 is 17.4 Å². The van der Waals surface area contributed by atoms with Gasteiger partial charge in [-0.1, -0.05) is 6.07 Å². The zero-order valence-corrected chi connectivity index (χ0v) is 17.8. The van der Waals surface area contributed by atoms with E-state index in [-0.39, 0.29) is 36.0 Å². The summed E-state index contributed by atoms with van der Waals surface area (Å²) in [6, 6.07) is 8.72. The number of hydrogen-bond acceptors (Lipinski definition) is 7. The highest BCUT2D eigenvalue weighted by molar-refractivity contribution is 6.46. The van der Waals surface area contributed by atoms with Crippen molar-refractivity contribution in [3.8, 4) is 17.2 Å². The van der Waals surface area contributed by atoms with Gasteiger partial charge in [-0.15, -0.1) is 0 Å². The van der Waals surface area contributed by atoms with E-state index in [1.54, 1.807) is 37.3 Å². The first-order chi connectivity index (χ1) is 14.8. The molecule has 3 rings (SSSR count). The van der Waals surface area contributed by atoms with E-state index in [2.05, 4.69) is 0 Å². The molecule has 0 bridgehead atoms. The summed E-state index contributed by atoms with van der Waals surface area (Å²) in [5.41, 5.74) is 1.57. The van der Waals surface area contributed by atoms with Gasteiger partial charge in [0.15, 0.2) is 11.5 Å². The van der Waals surface area contributed by atoms with Crippen molar-refractivity contribution in [3.05, 3.63) is 58.7 Å². The maximum atomic E-state index is 13.0. The summed E-state index contributed by atoms with van der Waals surface area (Å²) in [6.07, 6.45) is 0. The summed E-state index contributed by atoms with van der Waals surface area (Å²) in [5.74, 6) is -1.09. The number of aryl methyl sites for hydroxylation is 1. The van der Waals surface area contributed by atoms with Crippen LogP contribution in [0.3, 0.4) is 0 Å². The van der Waals surface area contributed by atoms with Gasteiger partial charge in [0.2, 0.25) is 0 Å². The van der Waals surface area contributed by atoms with Crippen LogP contribution in [-0.2, 0) is 14.3 Å². The van der Waals surface area contributed by atoms with Crippen LogP contribution in [-0.4, -0.2) is 61.3 Å². The van der Waals surface area contributed by atoms with Crippen molar-refractivity contribution < 1.29 is 34.0 Å². The van der Waals surface area contributed by atoms with E-state index >= 15 is 0 Å². The normalized spacial score (nSPS) is 17.8. The summed E-state index contributed by atoms with van der Waals surface area (Å²) >= 11 is 0. The molecule has 2 aromatic carbocycles. The van der Waals surface area contributed by atoms with Gasteiger partial charge < -0.3 is 29.3 Å². The quantitative estimate of drug-likeness (QED) is 0.398. The number of ketones is 1. The summed E-state index contributed by atoms with van der Waals surface area (Å²) in [5, 5.41) is 21.1. The maximum Gasteiger partial charge on any atom is 0.295 e. The standard InChI is InChI=1S/C23H25NO7/c1-13-11-15(30-3)6-7-16(13)21(26)19-20(14-5-8-17(25)18(12-14)31-4)24(9-10-29-2)23(28)22(19)27/h5-8,11-12,20,25-26H,9-10H2,1-4H3/b21-19+. The number of aromatic hydroxyl groups is 1. The second-order valence-electron chi connectivity index (χ2n) is 7.10. The van der Waals surface area contributed by atoms with Gasteiger partial charge in [-0.2, -0.15) is 0 Å². The number of phenols is 1. The van der Waals surface area contributed by atoms with Crippen LogP contribution in [0.4, 0.5) is 0 Å². The largest absolute Gasteiger partial charge is 0.507 e. The molecule has 0 aromatic heterocycles. The first kappa shape index (κ1) is 22.2. The number of benzene rings is 2. The first-order valence-electron chi connectivity index (χ1n) is 9.63. The van der Waals surface area contributed by atoms with Crippen molar-refractivity contribution in [2.45, 2.75) is 13.0 Å². The molecule has 8 heteroatoms. The number of Topliss-reactive ketones (excluding diaryl/α,β-unsaturated/α-hetero) is 1. The monoisotopic (exact) mass is 427 g/mol. The number of ether oxygens (including phenoxy) is 3. The topological polar surface area (TPSA) is 106 Å². The molecule has 31 heavy (non-hydrogen) atoms. The number of rotatable bonds is 7. The Morgan fingerprint density at radius 1 is 1.06 bits per heavy atom. The highest BCUT2D eigenvalue weighted by Gasteiger charge is 2.46. The molecule has 1 saturated heterocycles. The molecule has 8 nitrogen and oxygen atoms in total. The van der Waals surface area contributed by atoms with Crippen molar-refractivity contribution in [1.29, 1.82) is 0 Å². The molecular formula is C23H25NO7. The number of aliphatic hydroxyl groups is 1. The lowest BCUT2D eigenvalue weighted by Crippen LogP contribution is -2.32. The van der Waals surface area contributed by atoms with E-state index in [1.165, 1.54) is 32.3 Å². The van der Waals surface area contributed by atoms with E-state index in [0.29, 0.717) is 22.4 Å². The maximum absolute atomic E-state index is 13.0. The Morgan fingerprint density at radius 3 is 2.42 bits per heavy atom. The molecule has 1 unspecified atom stereocenters. The fourth-order valence-electron chi connectivity index (χ4n) is 3.69. The van der Waals surface area contributed by atoms with Crippen molar-refractivity contribution in [3.63, 3.8) is 0 Å². The van der Waals surface area contributed by atoms with Crippen molar-refractivity contribution in [2.24, 2.45) is 0 Å².